The van der Waals surface area contributed by atoms with Gasteiger partial charge in [-0.3, -0.25) is 19.3 Å². The standard InChI is InChI=1S/C56H69N5O9/c1-10-52(58-46(63)37-17-14-16-36(26-37)33(3)4)29-35-30-55(50(64)68-8,45-39(20-24-60(31-35)32-52)38-18-12-13-19-42(38)57-45)41-27-40-43(28-44(41)67-7)59(6)48-54(40)22-25-61-23-15-21-53(11-2,47(54)61)49(70-34(5)62)56(48,66)51(65)69-9/h12-19,21,26-28,33,35,47-49,57,66H,10-11,20,22-25,29-32H2,1-9H3,(H,58,63)/t35-,47+,48-,49-,52+,53-,54-,55+,56+/m1/s1. The van der Waals surface area contributed by atoms with Crippen LogP contribution in [0.2, 0.25) is 0 Å². The number of H-pyrrole nitrogens is 1. The molecular weight excluding hydrogens is 887 g/mol. The summed E-state index contributed by atoms with van der Waals surface area (Å²) in [5.74, 6) is -1.47. The molecule has 3 N–H and O–H groups in total. The van der Waals surface area contributed by atoms with E-state index >= 15 is 4.79 Å². The molecule has 10 atom stereocenters. The maximum absolute atomic E-state index is 15.8. The van der Waals surface area contributed by atoms with Crippen molar-refractivity contribution in [1.82, 2.24) is 20.1 Å². The van der Waals surface area contributed by atoms with Gasteiger partial charge >= 0.3 is 17.9 Å². The van der Waals surface area contributed by atoms with Crippen LogP contribution in [0.15, 0.2) is 72.8 Å². The molecule has 3 aromatic carbocycles. The second-order valence-electron chi connectivity index (χ2n) is 21.5. The van der Waals surface area contributed by atoms with Gasteiger partial charge < -0.3 is 44.2 Å². The molecule has 6 heterocycles. The number of ether oxygens (including phenoxy) is 4. The average Bonchev–Trinajstić information content (AvgIpc) is 4.03. The van der Waals surface area contributed by atoms with E-state index in [-0.39, 0.29) is 23.8 Å². The zero-order valence-electron chi connectivity index (χ0n) is 42.1. The number of carbonyl (C=O) groups is 4. The SMILES string of the molecule is CC[C@]1(NC(=O)c2cccc(C(C)C)c2)C[C@H]2CN(CCc3c([nH]c4ccccc34)[C@@](C(=O)OC)(c3cc4c(cc3OC)N(C)[C@H]3[C@@](O)(C(=O)OC)[C@H](OC(C)=O)[C@]5(CC)C=CCN6CC[C@]43[C@@H]65)C2)C1. The molecule has 4 aromatic rings. The van der Waals surface area contributed by atoms with Crippen molar-refractivity contribution in [1.29, 1.82) is 0 Å². The summed E-state index contributed by atoms with van der Waals surface area (Å²) >= 11 is 0. The molecule has 0 radical (unpaired) electrons. The molecule has 6 aliphatic rings. The summed E-state index contributed by atoms with van der Waals surface area (Å²) in [7, 11) is 6.19. The molecule has 2 saturated heterocycles. The number of amides is 1. The van der Waals surface area contributed by atoms with E-state index in [2.05, 4.69) is 71.2 Å². The van der Waals surface area contributed by atoms with Crippen LogP contribution in [0, 0.1) is 11.3 Å². The summed E-state index contributed by atoms with van der Waals surface area (Å²) < 4.78 is 24.3. The number of nitrogens with one attached hydrogen (secondary N) is 2. The Labute approximate surface area is 411 Å². The molecule has 1 spiro atoms. The number of esters is 3. The van der Waals surface area contributed by atoms with Gasteiger partial charge in [-0.1, -0.05) is 70.2 Å². The van der Waals surface area contributed by atoms with Gasteiger partial charge in [0.15, 0.2) is 6.10 Å². The fourth-order valence-corrected chi connectivity index (χ4v) is 15.1. The lowest BCUT2D eigenvalue weighted by Crippen LogP contribution is -2.81. The number of piperidine rings is 1. The van der Waals surface area contributed by atoms with E-state index in [1.54, 1.807) is 7.11 Å². The number of likely N-dealkylation sites (N-methyl/N-ethyl adjacent to an activating group) is 1. The minimum Gasteiger partial charge on any atom is -0.496 e. The summed E-state index contributed by atoms with van der Waals surface area (Å²) in [5, 5.41) is 18.1. The first-order chi connectivity index (χ1) is 33.5. The van der Waals surface area contributed by atoms with Crippen molar-refractivity contribution in [3.63, 3.8) is 0 Å². The molecule has 14 nitrogen and oxygen atoms in total. The molecule has 1 amide bonds. The Kier molecular flexibility index (Phi) is 11.8. The second kappa shape index (κ2) is 17.3. The Bertz CT molecular complexity index is 2810. The first kappa shape index (κ1) is 48.0. The monoisotopic (exact) mass is 956 g/mol. The van der Waals surface area contributed by atoms with Gasteiger partial charge in [0.05, 0.1) is 32.9 Å². The second-order valence-corrected chi connectivity index (χ2v) is 21.5. The number of methoxy groups -OCH3 is 3. The zero-order chi connectivity index (χ0) is 49.7. The van der Waals surface area contributed by atoms with Gasteiger partial charge in [0.2, 0.25) is 5.60 Å². The third kappa shape index (κ3) is 6.67. The van der Waals surface area contributed by atoms with Crippen LogP contribution in [0.1, 0.15) is 111 Å². The third-order valence-electron chi connectivity index (χ3n) is 17.8. The molecule has 1 aliphatic carbocycles. The number of carbonyl (C=O) groups excluding carboxylic acids is 4. The van der Waals surface area contributed by atoms with Crippen molar-refractivity contribution in [3.8, 4) is 5.75 Å². The number of hydrogen-bond donors (Lipinski definition) is 3. The Morgan fingerprint density at radius 1 is 0.914 bits per heavy atom. The number of aromatic nitrogens is 1. The normalized spacial score (nSPS) is 33.0. The van der Waals surface area contributed by atoms with Crippen LogP contribution >= 0.6 is 0 Å². The van der Waals surface area contributed by atoms with Crippen LogP contribution < -0.4 is 15.0 Å². The molecule has 1 unspecified atom stereocenters. The Morgan fingerprint density at radius 2 is 1.69 bits per heavy atom. The van der Waals surface area contributed by atoms with Crippen LogP contribution in [-0.2, 0) is 45.8 Å². The lowest BCUT2D eigenvalue weighted by molar-refractivity contribution is -0.228. The number of para-hydroxylation sites is 1. The van der Waals surface area contributed by atoms with E-state index in [9.17, 15) is 19.5 Å². The molecule has 10 rings (SSSR count). The van der Waals surface area contributed by atoms with Gasteiger partial charge in [0.25, 0.3) is 5.91 Å². The van der Waals surface area contributed by atoms with E-state index in [4.69, 9.17) is 18.9 Å². The number of fused-ring (bicyclic) bond motifs is 6. The van der Waals surface area contributed by atoms with Gasteiger partial charge in [-0.2, -0.15) is 0 Å². The maximum atomic E-state index is 15.8. The number of aliphatic hydroxyl groups is 1. The minimum atomic E-state index is -2.33. The fraction of sp³-hybridized carbons (Fsp3) is 0.536. The highest BCUT2D eigenvalue weighted by Gasteiger charge is 2.80. The predicted octanol–water partition coefficient (Wildman–Crippen LogP) is 6.55. The molecule has 14 heteroatoms. The minimum absolute atomic E-state index is 0.116. The number of aromatic amines is 1. The maximum Gasteiger partial charge on any atom is 0.344 e. The summed E-state index contributed by atoms with van der Waals surface area (Å²) in [6.45, 7) is 13.0. The predicted molar refractivity (Wildman–Crippen MR) is 266 cm³/mol. The topological polar surface area (TPSA) is 163 Å². The summed E-state index contributed by atoms with van der Waals surface area (Å²) in [4.78, 5) is 68.5. The molecule has 2 bridgehead atoms. The summed E-state index contributed by atoms with van der Waals surface area (Å²) in [6.07, 6.45) is 6.04. The largest absolute Gasteiger partial charge is 0.496 e. The van der Waals surface area contributed by atoms with Gasteiger partial charge in [-0.25, -0.2) is 4.79 Å². The number of anilines is 1. The Balaban J connectivity index is 1.20. The van der Waals surface area contributed by atoms with Gasteiger partial charge in [0, 0.05) is 96.5 Å². The number of hydrogen-bond acceptors (Lipinski definition) is 12. The first-order valence-corrected chi connectivity index (χ1v) is 25.2. The van der Waals surface area contributed by atoms with E-state index in [0.29, 0.717) is 88.1 Å². The van der Waals surface area contributed by atoms with Crippen molar-refractivity contribution >= 4 is 40.4 Å². The number of benzene rings is 3. The van der Waals surface area contributed by atoms with Crippen LogP contribution in [-0.4, -0.2) is 134 Å². The quantitative estimate of drug-likeness (QED) is 0.0895. The number of rotatable bonds is 10. The van der Waals surface area contributed by atoms with Crippen LogP contribution in [0.25, 0.3) is 10.9 Å². The lowest BCUT2D eigenvalue weighted by Gasteiger charge is -2.63. The van der Waals surface area contributed by atoms with Gasteiger partial charge in [0.1, 0.15) is 11.2 Å². The summed E-state index contributed by atoms with van der Waals surface area (Å²) in [5.41, 5.74) is 0.208. The van der Waals surface area contributed by atoms with E-state index in [0.717, 1.165) is 39.0 Å². The van der Waals surface area contributed by atoms with Crippen LogP contribution in [0.3, 0.4) is 0 Å². The highest BCUT2D eigenvalue weighted by Crippen LogP contribution is 2.68. The first-order valence-electron chi connectivity index (χ1n) is 25.2. The van der Waals surface area contributed by atoms with Crippen LogP contribution in [0.4, 0.5) is 5.69 Å². The van der Waals surface area contributed by atoms with E-state index < -0.39 is 57.4 Å². The average molecular weight is 956 g/mol. The Morgan fingerprint density at radius 3 is 2.39 bits per heavy atom. The highest BCUT2D eigenvalue weighted by molar-refractivity contribution is 5.96. The smallest absolute Gasteiger partial charge is 0.344 e. The molecule has 1 aromatic heterocycles. The molecule has 5 aliphatic heterocycles. The zero-order valence-corrected chi connectivity index (χ0v) is 42.1. The van der Waals surface area contributed by atoms with Crippen LogP contribution in [0.5, 0.6) is 5.75 Å². The number of nitrogens with zero attached hydrogens (tertiary/aromatic N) is 3. The molecule has 3 fully saturated rings. The third-order valence-corrected chi connectivity index (χ3v) is 17.8. The molecule has 70 heavy (non-hydrogen) atoms. The molecule has 1 saturated carbocycles. The van der Waals surface area contributed by atoms with Gasteiger partial charge in [-0.05, 0) is 97.9 Å². The van der Waals surface area contributed by atoms with Crippen molar-refractivity contribution in [2.75, 3.05) is 66.0 Å². The van der Waals surface area contributed by atoms with Crippen molar-refractivity contribution in [3.05, 3.63) is 106 Å². The van der Waals surface area contributed by atoms with Gasteiger partial charge in [-0.15, -0.1) is 0 Å². The highest BCUT2D eigenvalue weighted by atomic mass is 16.6. The molecular formula is C56H69N5O9. The van der Waals surface area contributed by atoms with Crippen molar-refractivity contribution < 1.29 is 43.2 Å². The lowest BCUT2D eigenvalue weighted by atomic mass is 9.47. The van der Waals surface area contributed by atoms with E-state index in [1.165, 1.54) is 21.1 Å². The van der Waals surface area contributed by atoms with Crippen molar-refractivity contribution in [2.45, 2.75) is 119 Å². The fourth-order valence-electron chi connectivity index (χ4n) is 15.1. The Hall–Kier alpha value is -5.70. The van der Waals surface area contributed by atoms with Crippen molar-refractivity contribution in [2.24, 2.45) is 11.3 Å². The summed E-state index contributed by atoms with van der Waals surface area (Å²) in [6, 6.07) is 18.8. The van der Waals surface area contributed by atoms with E-state index in [1.807, 2.05) is 61.3 Å². The molecule has 372 valence electrons.